The van der Waals surface area contributed by atoms with E-state index in [4.69, 9.17) is 4.74 Å². The van der Waals surface area contributed by atoms with Gasteiger partial charge in [0.2, 0.25) is 5.91 Å². The first-order chi connectivity index (χ1) is 6.76. The van der Waals surface area contributed by atoms with Gasteiger partial charge in [0.25, 0.3) is 0 Å². The zero-order valence-electron chi connectivity index (χ0n) is 10.4. The van der Waals surface area contributed by atoms with Crippen molar-refractivity contribution in [2.75, 3.05) is 27.3 Å². The highest BCUT2D eigenvalue weighted by Crippen LogP contribution is 2.08. The first-order valence-corrected chi connectivity index (χ1v) is 5.21. The molecular weight excluding hydrogens is 194 g/mol. The van der Waals surface area contributed by atoms with Crippen molar-refractivity contribution in [2.45, 2.75) is 32.8 Å². The van der Waals surface area contributed by atoms with Crippen LogP contribution in [0.1, 0.15) is 27.2 Å². The minimum absolute atomic E-state index is 0.0432. The Morgan fingerprint density at radius 3 is 2.47 bits per heavy atom. The molecule has 1 N–H and O–H groups in total. The van der Waals surface area contributed by atoms with Crippen LogP contribution in [0.25, 0.3) is 0 Å². The second-order valence-corrected chi connectivity index (χ2v) is 4.83. The van der Waals surface area contributed by atoms with Crippen molar-refractivity contribution < 1.29 is 14.6 Å². The van der Waals surface area contributed by atoms with Crippen LogP contribution in [0.2, 0.25) is 0 Å². The van der Waals surface area contributed by atoms with Crippen LogP contribution in [0, 0.1) is 5.92 Å². The largest absolute Gasteiger partial charge is 0.389 e. The van der Waals surface area contributed by atoms with E-state index in [0.717, 1.165) is 0 Å². The summed E-state index contributed by atoms with van der Waals surface area (Å²) in [5.74, 6) is 0.258. The lowest BCUT2D eigenvalue weighted by Gasteiger charge is -2.26. The number of carbonyl (C=O) groups excluding carboxylic acids is 1. The van der Waals surface area contributed by atoms with Crippen LogP contribution in [0.4, 0.5) is 0 Å². The molecule has 0 fully saturated rings. The molecule has 15 heavy (non-hydrogen) atoms. The van der Waals surface area contributed by atoms with Crippen molar-refractivity contribution in [3.63, 3.8) is 0 Å². The van der Waals surface area contributed by atoms with E-state index in [0.29, 0.717) is 19.6 Å². The number of rotatable bonds is 6. The quantitative estimate of drug-likeness (QED) is 0.719. The molecule has 90 valence electrons. The third-order valence-electron chi connectivity index (χ3n) is 2.02. The van der Waals surface area contributed by atoms with Crippen LogP contribution in [0.5, 0.6) is 0 Å². The zero-order valence-corrected chi connectivity index (χ0v) is 10.4. The van der Waals surface area contributed by atoms with Crippen LogP contribution in [0.3, 0.4) is 0 Å². The van der Waals surface area contributed by atoms with Gasteiger partial charge in [0.15, 0.2) is 0 Å². The summed E-state index contributed by atoms with van der Waals surface area (Å²) in [7, 11) is 3.33. The van der Waals surface area contributed by atoms with Crippen molar-refractivity contribution >= 4 is 5.91 Å². The van der Waals surface area contributed by atoms with Gasteiger partial charge in [0.1, 0.15) is 0 Å². The summed E-state index contributed by atoms with van der Waals surface area (Å²) in [4.78, 5) is 13.2. The third-order valence-corrected chi connectivity index (χ3v) is 2.02. The van der Waals surface area contributed by atoms with Crippen LogP contribution in [0.15, 0.2) is 0 Å². The Balaban J connectivity index is 3.99. The summed E-state index contributed by atoms with van der Waals surface area (Å²) in [6, 6.07) is 0. The smallest absolute Gasteiger partial charge is 0.222 e. The molecule has 0 heterocycles. The zero-order chi connectivity index (χ0) is 12.1. The lowest BCUT2D eigenvalue weighted by molar-refractivity contribution is -0.133. The second kappa shape index (κ2) is 6.08. The van der Waals surface area contributed by atoms with E-state index < -0.39 is 5.60 Å². The number of aliphatic hydroxyl groups is 1. The molecule has 0 aliphatic rings. The highest BCUT2D eigenvalue weighted by molar-refractivity contribution is 5.76. The van der Waals surface area contributed by atoms with E-state index in [1.54, 1.807) is 32.9 Å². The van der Waals surface area contributed by atoms with E-state index in [-0.39, 0.29) is 11.8 Å². The summed E-state index contributed by atoms with van der Waals surface area (Å²) in [5, 5.41) is 9.56. The average Bonchev–Trinajstić information content (AvgIpc) is 2.00. The second-order valence-electron chi connectivity index (χ2n) is 4.83. The molecule has 0 aromatic carbocycles. The van der Waals surface area contributed by atoms with Gasteiger partial charge in [-0.3, -0.25) is 4.79 Å². The molecule has 1 amide bonds. The van der Waals surface area contributed by atoms with Crippen LogP contribution in [-0.4, -0.2) is 48.8 Å². The van der Waals surface area contributed by atoms with Gasteiger partial charge in [-0.05, 0) is 19.8 Å². The Hall–Kier alpha value is -0.610. The van der Waals surface area contributed by atoms with Gasteiger partial charge < -0.3 is 14.7 Å². The molecule has 0 aromatic heterocycles. The maximum atomic E-state index is 11.7. The average molecular weight is 217 g/mol. The predicted octanol–water partition coefficient (Wildman–Crippen LogP) is 0.888. The normalized spacial score (nSPS) is 13.7. The fraction of sp³-hybridized carbons (Fsp3) is 0.909. The maximum Gasteiger partial charge on any atom is 0.222 e. The summed E-state index contributed by atoms with van der Waals surface area (Å²) in [5.41, 5.74) is -0.838. The minimum atomic E-state index is -0.838. The molecule has 4 heteroatoms. The lowest BCUT2D eigenvalue weighted by Crippen LogP contribution is -2.40. The highest BCUT2D eigenvalue weighted by Gasteiger charge is 2.20. The number of methoxy groups -OCH3 is 1. The van der Waals surface area contributed by atoms with Crippen molar-refractivity contribution in [1.29, 1.82) is 0 Å². The molecule has 1 unspecified atom stereocenters. The topological polar surface area (TPSA) is 49.8 Å². The number of carbonyl (C=O) groups is 1. The van der Waals surface area contributed by atoms with E-state index in [1.165, 1.54) is 0 Å². The first kappa shape index (κ1) is 14.4. The van der Waals surface area contributed by atoms with Crippen molar-refractivity contribution in [3.05, 3.63) is 0 Å². The van der Waals surface area contributed by atoms with Crippen LogP contribution >= 0.6 is 0 Å². The number of hydrogen-bond acceptors (Lipinski definition) is 3. The number of amides is 1. The maximum absolute atomic E-state index is 11.7. The van der Waals surface area contributed by atoms with Crippen molar-refractivity contribution in [1.82, 2.24) is 4.90 Å². The molecule has 0 saturated carbocycles. The lowest BCUT2D eigenvalue weighted by atomic mass is 10.1. The van der Waals surface area contributed by atoms with Gasteiger partial charge in [-0.2, -0.15) is 0 Å². The SMILES string of the molecule is COCC(C)CC(=O)N(C)CC(C)(C)O. The van der Waals surface area contributed by atoms with Gasteiger partial charge >= 0.3 is 0 Å². The standard InChI is InChI=1S/C11H23NO3/c1-9(7-15-5)6-10(13)12(4)8-11(2,3)14/h9,14H,6-8H2,1-5H3. The third kappa shape index (κ3) is 7.33. The highest BCUT2D eigenvalue weighted by atomic mass is 16.5. The molecule has 0 aliphatic carbocycles. The van der Waals surface area contributed by atoms with E-state index >= 15 is 0 Å². The van der Waals surface area contributed by atoms with Crippen LogP contribution in [-0.2, 0) is 9.53 Å². The van der Waals surface area contributed by atoms with Gasteiger partial charge in [-0.1, -0.05) is 6.92 Å². The summed E-state index contributed by atoms with van der Waals surface area (Å²) >= 11 is 0. The molecule has 4 nitrogen and oxygen atoms in total. The fourth-order valence-corrected chi connectivity index (χ4v) is 1.47. The van der Waals surface area contributed by atoms with Gasteiger partial charge in [-0.15, -0.1) is 0 Å². The van der Waals surface area contributed by atoms with Crippen molar-refractivity contribution in [2.24, 2.45) is 5.92 Å². The minimum Gasteiger partial charge on any atom is -0.389 e. The Morgan fingerprint density at radius 1 is 1.53 bits per heavy atom. The first-order valence-electron chi connectivity index (χ1n) is 5.21. The number of nitrogens with zero attached hydrogens (tertiary/aromatic N) is 1. The predicted molar refractivity (Wildman–Crippen MR) is 59.6 cm³/mol. The number of likely N-dealkylation sites (N-methyl/N-ethyl adjacent to an activating group) is 1. The summed E-state index contributed by atoms with van der Waals surface area (Å²) in [6.07, 6.45) is 0.459. The monoisotopic (exact) mass is 217 g/mol. The van der Waals surface area contributed by atoms with Crippen LogP contribution < -0.4 is 0 Å². The molecule has 0 saturated heterocycles. The number of hydrogen-bond donors (Lipinski definition) is 1. The van der Waals surface area contributed by atoms with E-state index in [9.17, 15) is 9.90 Å². The number of ether oxygens (including phenoxy) is 1. The Morgan fingerprint density at radius 2 is 2.07 bits per heavy atom. The van der Waals surface area contributed by atoms with E-state index in [2.05, 4.69) is 0 Å². The molecule has 0 spiro atoms. The molecule has 1 atom stereocenters. The van der Waals surface area contributed by atoms with Gasteiger partial charge in [-0.25, -0.2) is 0 Å². The molecule has 0 radical (unpaired) electrons. The van der Waals surface area contributed by atoms with E-state index in [1.807, 2.05) is 6.92 Å². The molecule has 0 aliphatic heterocycles. The molecule has 0 rings (SSSR count). The Kier molecular flexibility index (Phi) is 5.83. The van der Waals surface area contributed by atoms with Crippen molar-refractivity contribution in [3.8, 4) is 0 Å². The fourth-order valence-electron chi connectivity index (χ4n) is 1.47. The molecular formula is C11H23NO3. The summed E-state index contributed by atoms with van der Waals surface area (Å²) in [6.45, 7) is 6.29. The molecule has 0 aromatic rings. The summed E-state index contributed by atoms with van der Waals surface area (Å²) < 4.78 is 4.97. The molecule has 0 bridgehead atoms. The Labute approximate surface area is 92.2 Å². The Bertz CT molecular complexity index is 198. The van der Waals surface area contributed by atoms with Gasteiger partial charge in [0, 0.05) is 33.7 Å². The van der Waals surface area contributed by atoms with Gasteiger partial charge in [0.05, 0.1) is 5.60 Å².